The van der Waals surface area contributed by atoms with Crippen molar-refractivity contribution >= 4 is 16.8 Å². The van der Waals surface area contributed by atoms with Crippen LogP contribution in [-0.2, 0) is 10.8 Å². The molecule has 0 spiro atoms. The van der Waals surface area contributed by atoms with Gasteiger partial charge in [0.1, 0.15) is 0 Å². The van der Waals surface area contributed by atoms with E-state index in [4.69, 9.17) is 0 Å². The van der Waals surface area contributed by atoms with Gasteiger partial charge in [-0.25, -0.2) is 0 Å². The Morgan fingerprint density at radius 2 is 1.65 bits per heavy atom. The van der Waals surface area contributed by atoms with E-state index in [-0.39, 0.29) is 6.04 Å². The van der Waals surface area contributed by atoms with Crippen LogP contribution >= 0.6 is 0 Å². The summed E-state index contributed by atoms with van der Waals surface area (Å²) in [7, 11) is -1.02. The summed E-state index contributed by atoms with van der Waals surface area (Å²) in [5, 5.41) is 6.74. The van der Waals surface area contributed by atoms with Crippen molar-refractivity contribution in [3.8, 4) is 0 Å². The fourth-order valence-electron chi connectivity index (χ4n) is 2.64. The van der Waals surface area contributed by atoms with Crippen LogP contribution < -0.4 is 10.6 Å². The van der Waals surface area contributed by atoms with E-state index in [1.54, 1.807) is 0 Å². The highest BCUT2D eigenvalue weighted by atomic mass is 32.2. The van der Waals surface area contributed by atoms with E-state index in [0.717, 1.165) is 17.4 Å². The maximum Gasteiger partial charge on any atom is 0.191 e. The molecule has 2 N–H and O–H groups in total. The highest BCUT2D eigenvalue weighted by molar-refractivity contribution is 7.85. The summed E-state index contributed by atoms with van der Waals surface area (Å²) in [4.78, 5) is 5.45. The number of nitrogens with one attached hydrogen (secondary N) is 2. The van der Waals surface area contributed by atoms with Crippen molar-refractivity contribution in [2.45, 2.75) is 37.6 Å². The summed E-state index contributed by atoms with van der Waals surface area (Å²) >= 11 is 0. The Hall–Kier alpha value is -2.14. The van der Waals surface area contributed by atoms with Gasteiger partial charge in [-0.3, -0.25) is 9.20 Å². The smallest absolute Gasteiger partial charge is 0.191 e. The van der Waals surface area contributed by atoms with Crippen molar-refractivity contribution in [1.82, 2.24) is 10.6 Å². The average molecular weight is 372 g/mol. The van der Waals surface area contributed by atoms with Gasteiger partial charge in [0, 0.05) is 29.2 Å². The molecule has 4 nitrogen and oxygen atoms in total. The molecule has 0 saturated carbocycles. The molecule has 2 aromatic carbocycles. The topological polar surface area (TPSA) is 53.5 Å². The largest absolute Gasteiger partial charge is 0.357 e. The van der Waals surface area contributed by atoms with Crippen LogP contribution in [0.25, 0.3) is 0 Å². The molecule has 2 rings (SSSR count). The molecule has 0 fully saturated rings. The van der Waals surface area contributed by atoms with Gasteiger partial charge < -0.3 is 10.6 Å². The van der Waals surface area contributed by atoms with Gasteiger partial charge in [0.05, 0.1) is 17.3 Å². The van der Waals surface area contributed by atoms with E-state index in [9.17, 15) is 4.21 Å². The van der Waals surface area contributed by atoms with Gasteiger partial charge in [0.15, 0.2) is 5.96 Å². The molecular formula is C21H29N3OS. The molecule has 0 amide bonds. The number of hydrogen-bond donors (Lipinski definition) is 2. The van der Waals surface area contributed by atoms with Crippen LogP contribution in [-0.4, -0.2) is 35.1 Å². The second kappa shape index (κ2) is 10.8. The SMILES string of the molecule is CCNC(=NCCS(=O)c1ccccc1)NC(C)C(C)c1ccccc1. The zero-order chi connectivity index (χ0) is 18.8. The third kappa shape index (κ3) is 6.30. The van der Waals surface area contributed by atoms with Crippen molar-refractivity contribution in [2.24, 2.45) is 4.99 Å². The summed E-state index contributed by atoms with van der Waals surface area (Å²) in [6.07, 6.45) is 0. The van der Waals surface area contributed by atoms with E-state index < -0.39 is 10.8 Å². The van der Waals surface area contributed by atoms with Crippen LogP contribution in [0.1, 0.15) is 32.3 Å². The maximum atomic E-state index is 12.3. The zero-order valence-corrected chi connectivity index (χ0v) is 16.6. The normalized spacial score (nSPS) is 15.1. The van der Waals surface area contributed by atoms with E-state index in [2.05, 4.69) is 53.7 Å². The zero-order valence-electron chi connectivity index (χ0n) is 15.8. The van der Waals surface area contributed by atoms with Crippen LogP contribution in [0.4, 0.5) is 0 Å². The van der Waals surface area contributed by atoms with Gasteiger partial charge >= 0.3 is 0 Å². The first kappa shape index (κ1) is 20.2. The lowest BCUT2D eigenvalue weighted by Crippen LogP contribution is -2.44. The quantitative estimate of drug-likeness (QED) is 0.551. The predicted octanol–water partition coefficient (Wildman–Crippen LogP) is 3.54. The summed E-state index contributed by atoms with van der Waals surface area (Å²) in [6.45, 7) is 7.72. The van der Waals surface area contributed by atoms with Gasteiger partial charge in [-0.1, -0.05) is 55.5 Å². The third-order valence-corrected chi connectivity index (χ3v) is 5.69. The summed E-state index contributed by atoms with van der Waals surface area (Å²) in [5.74, 6) is 1.65. The van der Waals surface area contributed by atoms with E-state index in [0.29, 0.717) is 18.2 Å². The van der Waals surface area contributed by atoms with E-state index in [1.165, 1.54) is 5.56 Å². The number of hydrogen-bond acceptors (Lipinski definition) is 2. The number of guanidine groups is 1. The minimum Gasteiger partial charge on any atom is -0.357 e. The molecule has 0 bridgehead atoms. The molecular weight excluding hydrogens is 342 g/mol. The number of nitrogens with zero attached hydrogens (tertiary/aromatic N) is 1. The molecule has 0 heterocycles. The number of aliphatic imine (C=N–C) groups is 1. The molecule has 0 saturated heterocycles. The molecule has 26 heavy (non-hydrogen) atoms. The Labute approximate surface area is 159 Å². The third-order valence-electron chi connectivity index (χ3n) is 4.34. The molecule has 3 atom stereocenters. The Bertz CT molecular complexity index is 704. The lowest BCUT2D eigenvalue weighted by Gasteiger charge is -2.24. The summed E-state index contributed by atoms with van der Waals surface area (Å²) < 4.78 is 12.3. The second-order valence-corrected chi connectivity index (χ2v) is 7.83. The van der Waals surface area contributed by atoms with Crippen molar-refractivity contribution in [3.05, 3.63) is 66.2 Å². The van der Waals surface area contributed by atoms with Gasteiger partial charge in [0.25, 0.3) is 0 Å². The first-order chi connectivity index (χ1) is 12.6. The molecule has 0 aliphatic rings. The van der Waals surface area contributed by atoms with E-state index >= 15 is 0 Å². The highest BCUT2D eigenvalue weighted by Crippen LogP contribution is 2.18. The van der Waals surface area contributed by atoms with Crippen molar-refractivity contribution in [3.63, 3.8) is 0 Å². The Morgan fingerprint density at radius 1 is 1.04 bits per heavy atom. The van der Waals surface area contributed by atoms with Crippen LogP contribution in [0, 0.1) is 0 Å². The van der Waals surface area contributed by atoms with Gasteiger partial charge in [-0.2, -0.15) is 0 Å². The highest BCUT2D eigenvalue weighted by Gasteiger charge is 2.15. The number of rotatable bonds is 8. The Balaban J connectivity index is 1.92. The summed E-state index contributed by atoms with van der Waals surface area (Å²) in [5.41, 5.74) is 1.30. The van der Waals surface area contributed by atoms with Crippen molar-refractivity contribution in [2.75, 3.05) is 18.8 Å². The van der Waals surface area contributed by atoms with Crippen molar-refractivity contribution in [1.29, 1.82) is 0 Å². The standard InChI is InChI=1S/C21H29N3OS/c1-4-22-21(23-15-16-26(25)20-13-9-6-10-14-20)24-18(3)17(2)19-11-7-5-8-12-19/h5-14,17-18H,4,15-16H2,1-3H3,(H2,22,23,24). The minimum atomic E-state index is -1.02. The maximum absolute atomic E-state index is 12.3. The predicted molar refractivity (Wildman–Crippen MR) is 111 cm³/mol. The second-order valence-electron chi connectivity index (χ2n) is 6.26. The monoisotopic (exact) mass is 371 g/mol. The fourth-order valence-corrected chi connectivity index (χ4v) is 3.59. The van der Waals surface area contributed by atoms with Crippen LogP contribution in [0.5, 0.6) is 0 Å². The van der Waals surface area contributed by atoms with E-state index in [1.807, 2.05) is 43.3 Å². The van der Waals surface area contributed by atoms with Gasteiger partial charge in [-0.15, -0.1) is 0 Å². The summed E-state index contributed by atoms with van der Waals surface area (Å²) in [6, 6.07) is 20.2. The molecule has 0 radical (unpaired) electrons. The molecule has 0 aromatic heterocycles. The van der Waals surface area contributed by atoms with Crippen LogP contribution in [0.15, 0.2) is 70.6 Å². The Morgan fingerprint density at radius 3 is 2.27 bits per heavy atom. The molecule has 2 aromatic rings. The minimum absolute atomic E-state index is 0.231. The average Bonchev–Trinajstić information content (AvgIpc) is 2.68. The number of benzene rings is 2. The lowest BCUT2D eigenvalue weighted by atomic mass is 9.94. The fraction of sp³-hybridized carbons (Fsp3) is 0.381. The molecule has 3 unspecified atom stereocenters. The van der Waals surface area contributed by atoms with Gasteiger partial charge in [0.2, 0.25) is 0 Å². The molecule has 0 aliphatic heterocycles. The van der Waals surface area contributed by atoms with Crippen molar-refractivity contribution < 1.29 is 4.21 Å². The first-order valence-electron chi connectivity index (χ1n) is 9.15. The molecule has 140 valence electrons. The van der Waals surface area contributed by atoms with Crippen LogP contribution in [0.3, 0.4) is 0 Å². The lowest BCUT2D eigenvalue weighted by molar-refractivity contribution is 0.550. The first-order valence-corrected chi connectivity index (χ1v) is 10.5. The van der Waals surface area contributed by atoms with Crippen LogP contribution in [0.2, 0.25) is 0 Å². The molecule has 5 heteroatoms. The Kier molecular flexibility index (Phi) is 8.35. The van der Waals surface area contributed by atoms with Gasteiger partial charge in [-0.05, 0) is 31.5 Å². The molecule has 0 aliphatic carbocycles.